The molecule has 1 heterocycles. The third-order valence-corrected chi connectivity index (χ3v) is 6.94. The highest BCUT2D eigenvalue weighted by atomic mass is 16.6. The maximum atomic E-state index is 13.6. The molecule has 0 saturated carbocycles. The fraction of sp³-hybridized carbons (Fsp3) is 0.406. The van der Waals surface area contributed by atoms with Crippen molar-refractivity contribution in [3.8, 4) is 0 Å². The molecule has 218 valence electrons. The van der Waals surface area contributed by atoms with Crippen LogP contribution in [0.3, 0.4) is 0 Å². The molecule has 1 N–H and O–H groups in total. The molecule has 3 unspecified atom stereocenters. The van der Waals surface area contributed by atoms with Crippen molar-refractivity contribution < 1.29 is 38.6 Å². The van der Waals surface area contributed by atoms with E-state index in [1.807, 2.05) is 13.0 Å². The second kappa shape index (κ2) is 15.0. The Kier molecular flexibility index (Phi) is 11.5. The van der Waals surface area contributed by atoms with Gasteiger partial charge in [-0.1, -0.05) is 73.0 Å². The smallest absolute Gasteiger partial charge is 0.417 e. The molecule has 0 spiro atoms. The second-order valence-electron chi connectivity index (χ2n) is 10.2. The van der Waals surface area contributed by atoms with Gasteiger partial charge in [0.25, 0.3) is 0 Å². The van der Waals surface area contributed by atoms with E-state index in [1.54, 1.807) is 48.5 Å². The van der Waals surface area contributed by atoms with Crippen LogP contribution in [0.1, 0.15) is 68.7 Å². The molecule has 41 heavy (non-hydrogen) atoms. The number of imide groups is 1. The van der Waals surface area contributed by atoms with Crippen LogP contribution in [0.2, 0.25) is 0 Å². The molecule has 9 heteroatoms. The van der Waals surface area contributed by atoms with Gasteiger partial charge in [0.15, 0.2) is 17.7 Å². The molecule has 3 rings (SSSR count). The van der Waals surface area contributed by atoms with Gasteiger partial charge in [-0.15, -0.1) is 0 Å². The molecule has 0 aromatic heterocycles. The Labute approximate surface area is 240 Å². The molecule has 1 fully saturated rings. The van der Waals surface area contributed by atoms with Crippen LogP contribution in [0.15, 0.2) is 60.7 Å². The normalized spacial score (nSPS) is 16.6. The van der Waals surface area contributed by atoms with E-state index in [1.165, 1.54) is 6.92 Å². The zero-order valence-corrected chi connectivity index (χ0v) is 23.7. The molecule has 2 aromatic carbocycles. The molecule has 0 radical (unpaired) electrons. The van der Waals surface area contributed by atoms with Crippen molar-refractivity contribution in [3.05, 3.63) is 77.4 Å². The van der Waals surface area contributed by atoms with Crippen molar-refractivity contribution in [2.45, 2.75) is 65.0 Å². The van der Waals surface area contributed by atoms with E-state index in [0.717, 1.165) is 36.3 Å². The molecule has 1 aliphatic rings. The van der Waals surface area contributed by atoms with Crippen LogP contribution >= 0.6 is 0 Å². The lowest BCUT2D eigenvalue weighted by Crippen LogP contribution is -2.45. The summed E-state index contributed by atoms with van der Waals surface area (Å²) in [5, 5.41) is 8.99. The number of carbonyl (C=O) groups is 5. The van der Waals surface area contributed by atoms with E-state index >= 15 is 0 Å². The lowest BCUT2D eigenvalue weighted by molar-refractivity contribution is -0.158. The van der Waals surface area contributed by atoms with Crippen molar-refractivity contribution >= 4 is 35.1 Å². The summed E-state index contributed by atoms with van der Waals surface area (Å²) < 4.78 is 10.5. The van der Waals surface area contributed by atoms with E-state index in [4.69, 9.17) is 14.6 Å². The summed E-state index contributed by atoms with van der Waals surface area (Å²) >= 11 is 0. The lowest BCUT2D eigenvalue weighted by Gasteiger charge is -2.27. The standard InChI is InChI=1S/C32H37NO8/c1-21-12-11-15-25(18-21)26(28(36)16-9-4-5-10-17-34)19-29(37)30(41-23(3)35)22(2)31(38)33-27(20-40-32(33)39)24-13-7-6-8-14-24/h6-8,11-15,18-19,22,27,30,34H,4-5,9-10,16-17,20H2,1-3H3. The Balaban J connectivity index is 1.91. The molecule has 9 nitrogen and oxygen atoms in total. The number of cyclic esters (lactones) is 1. The number of esters is 1. The number of unbranched alkanes of at least 4 members (excludes halogenated alkanes) is 3. The highest BCUT2D eigenvalue weighted by Crippen LogP contribution is 2.31. The number of hydrogen-bond acceptors (Lipinski definition) is 8. The maximum absolute atomic E-state index is 13.6. The first-order valence-corrected chi connectivity index (χ1v) is 13.8. The number of rotatable bonds is 14. The summed E-state index contributed by atoms with van der Waals surface area (Å²) in [5.41, 5.74) is 2.25. The fourth-order valence-corrected chi connectivity index (χ4v) is 4.77. The Bertz CT molecular complexity index is 1290. The van der Waals surface area contributed by atoms with Gasteiger partial charge in [0.1, 0.15) is 12.6 Å². The van der Waals surface area contributed by atoms with Crippen LogP contribution < -0.4 is 0 Å². The van der Waals surface area contributed by atoms with Crippen molar-refractivity contribution in [3.63, 3.8) is 0 Å². The van der Waals surface area contributed by atoms with Crippen LogP contribution in [-0.4, -0.2) is 58.9 Å². The van der Waals surface area contributed by atoms with Crippen molar-refractivity contribution in [2.75, 3.05) is 13.2 Å². The van der Waals surface area contributed by atoms with Gasteiger partial charge in [0, 0.05) is 25.5 Å². The van der Waals surface area contributed by atoms with Gasteiger partial charge >= 0.3 is 12.1 Å². The number of amides is 2. The van der Waals surface area contributed by atoms with Crippen molar-refractivity contribution in [1.29, 1.82) is 0 Å². The first-order chi connectivity index (χ1) is 19.6. The van der Waals surface area contributed by atoms with Gasteiger partial charge in [0.2, 0.25) is 5.91 Å². The highest BCUT2D eigenvalue weighted by molar-refractivity contribution is 6.25. The van der Waals surface area contributed by atoms with Crippen LogP contribution in [0.25, 0.3) is 5.57 Å². The quantitative estimate of drug-likeness (QED) is 0.198. The van der Waals surface area contributed by atoms with Crippen LogP contribution in [0.4, 0.5) is 4.79 Å². The fourth-order valence-electron chi connectivity index (χ4n) is 4.77. The third-order valence-electron chi connectivity index (χ3n) is 6.94. The van der Waals surface area contributed by atoms with Gasteiger partial charge in [-0.05, 0) is 43.9 Å². The number of allylic oxidation sites excluding steroid dienone is 1. The number of benzene rings is 2. The van der Waals surface area contributed by atoms with Crippen LogP contribution in [0, 0.1) is 12.8 Å². The number of nitrogens with zero attached hydrogens (tertiary/aromatic N) is 1. The van der Waals surface area contributed by atoms with E-state index < -0.39 is 41.8 Å². The Hall–Kier alpha value is -4.11. The topological polar surface area (TPSA) is 127 Å². The van der Waals surface area contributed by atoms with E-state index in [9.17, 15) is 24.0 Å². The van der Waals surface area contributed by atoms with E-state index in [2.05, 4.69) is 0 Å². The first-order valence-electron chi connectivity index (χ1n) is 13.8. The number of aliphatic hydroxyl groups is 1. The predicted molar refractivity (Wildman–Crippen MR) is 151 cm³/mol. The molecule has 2 amide bonds. The minimum atomic E-state index is -1.57. The van der Waals surface area contributed by atoms with Crippen molar-refractivity contribution in [2.24, 2.45) is 5.92 Å². The predicted octanol–water partition coefficient (Wildman–Crippen LogP) is 4.75. The number of carbonyl (C=O) groups excluding carboxylic acids is 5. The van der Waals surface area contributed by atoms with Gasteiger partial charge in [-0.25, -0.2) is 9.69 Å². The minimum absolute atomic E-state index is 0.0439. The monoisotopic (exact) mass is 563 g/mol. The summed E-state index contributed by atoms with van der Waals surface area (Å²) in [6.07, 6.45) is 1.66. The molecule has 1 saturated heterocycles. The van der Waals surface area contributed by atoms with Gasteiger partial charge in [0.05, 0.1) is 5.92 Å². The highest BCUT2D eigenvalue weighted by Gasteiger charge is 2.44. The minimum Gasteiger partial charge on any atom is -0.453 e. The zero-order valence-electron chi connectivity index (χ0n) is 23.7. The summed E-state index contributed by atoms with van der Waals surface area (Å²) in [6.45, 7) is 4.44. The molecule has 0 aliphatic carbocycles. The summed E-state index contributed by atoms with van der Waals surface area (Å²) in [4.78, 5) is 66.1. The Morgan fingerprint density at radius 3 is 2.41 bits per heavy atom. The number of Topliss-reactive ketones (excluding diaryl/α,β-unsaturated/α-hetero) is 1. The van der Waals surface area contributed by atoms with Crippen LogP contribution in [-0.2, 0) is 28.7 Å². The number of ketones is 2. The Morgan fingerprint density at radius 2 is 1.76 bits per heavy atom. The summed E-state index contributed by atoms with van der Waals surface area (Å²) in [5.74, 6) is -3.77. The first kappa shape index (κ1) is 31.4. The van der Waals surface area contributed by atoms with Crippen LogP contribution in [0.5, 0.6) is 0 Å². The largest absolute Gasteiger partial charge is 0.453 e. The van der Waals surface area contributed by atoms with Crippen molar-refractivity contribution in [1.82, 2.24) is 4.90 Å². The molecule has 2 aromatic rings. The molecular formula is C32H37NO8. The maximum Gasteiger partial charge on any atom is 0.417 e. The average molecular weight is 564 g/mol. The average Bonchev–Trinajstić information content (AvgIpc) is 3.35. The van der Waals surface area contributed by atoms with Gasteiger partial charge in [-0.3, -0.25) is 19.2 Å². The second-order valence-corrected chi connectivity index (χ2v) is 10.2. The summed E-state index contributed by atoms with van der Waals surface area (Å²) in [6, 6.07) is 15.3. The number of ether oxygens (including phenoxy) is 2. The SMILES string of the molecule is CC(=O)OC(C(=O)C=C(C(=O)CCCCCCO)c1cccc(C)c1)C(C)C(=O)N1C(=O)OCC1c1ccccc1. The van der Waals surface area contributed by atoms with Gasteiger partial charge in [-0.2, -0.15) is 0 Å². The lowest BCUT2D eigenvalue weighted by atomic mass is 9.92. The summed E-state index contributed by atoms with van der Waals surface area (Å²) in [7, 11) is 0. The number of aryl methyl sites for hydroxylation is 1. The molecule has 1 aliphatic heterocycles. The molecule has 0 bridgehead atoms. The van der Waals surface area contributed by atoms with E-state index in [0.29, 0.717) is 24.0 Å². The zero-order chi connectivity index (χ0) is 29.9. The third kappa shape index (κ3) is 8.44. The number of hydrogen-bond donors (Lipinski definition) is 1. The number of aliphatic hydroxyl groups excluding tert-OH is 1. The molecular weight excluding hydrogens is 526 g/mol. The van der Waals surface area contributed by atoms with E-state index in [-0.39, 0.29) is 31.0 Å². The molecule has 3 atom stereocenters. The van der Waals surface area contributed by atoms with Gasteiger partial charge < -0.3 is 14.6 Å². The Morgan fingerprint density at radius 1 is 1.05 bits per heavy atom.